The van der Waals surface area contributed by atoms with Gasteiger partial charge in [0.1, 0.15) is 0 Å². The van der Waals surface area contributed by atoms with Gasteiger partial charge in [0, 0.05) is 55.2 Å². The number of pyridine rings is 2. The van der Waals surface area contributed by atoms with Crippen LogP contribution in [0, 0.1) is 11.8 Å². The minimum Gasteiger partial charge on any atom is -0.384 e. The maximum atomic E-state index is 6.50. The molecule has 162 valence electrons. The van der Waals surface area contributed by atoms with Gasteiger partial charge in [0.05, 0.1) is 10.7 Å². The van der Waals surface area contributed by atoms with Crippen LogP contribution in [0.5, 0.6) is 0 Å². The third-order valence-electron chi connectivity index (χ3n) is 6.34. The molecule has 2 aliphatic rings. The quantitative estimate of drug-likeness (QED) is 0.622. The minimum atomic E-state index is 0.665. The summed E-state index contributed by atoms with van der Waals surface area (Å²) in [5.74, 6) is 1.48. The zero-order chi connectivity index (χ0) is 20.6. The Hall–Kier alpha value is -1.69. The minimum absolute atomic E-state index is 0.665. The molecule has 2 aromatic rings. The van der Waals surface area contributed by atoms with E-state index >= 15 is 0 Å². The van der Waals surface area contributed by atoms with E-state index in [1.54, 1.807) is 6.20 Å². The van der Waals surface area contributed by atoms with Gasteiger partial charge in [-0.1, -0.05) is 11.6 Å². The van der Waals surface area contributed by atoms with Gasteiger partial charge in [-0.2, -0.15) is 0 Å². The number of nitrogens with one attached hydrogen (secondary N) is 2. The van der Waals surface area contributed by atoms with Crippen LogP contribution < -0.4 is 10.6 Å². The molecule has 4 heterocycles. The van der Waals surface area contributed by atoms with E-state index in [0.29, 0.717) is 10.9 Å². The van der Waals surface area contributed by atoms with Gasteiger partial charge in [-0.05, 0) is 82.0 Å². The molecular weight excluding hydrogens is 396 g/mol. The normalized spacial score (nSPS) is 20.2. The lowest BCUT2D eigenvalue weighted by molar-refractivity contribution is 0.0699. The molecule has 1 atom stereocenters. The highest BCUT2D eigenvalue weighted by Crippen LogP contribution is 2.30. The van der Waals surface area contributed by atoms with Crippen molar-refractivity contribution < 1.29 is 4.74 Å². The molecule has 2 aliphatic heterocycles. The first-order valence-corrected chi connectivity index (χ1v) is 11.8. The van der Waals surface area contributed by atoms with Gasteiger partial charge in [0.15, 0.2) is 0 Å². The molecule has 0 amide bonds. The third-order valence-corrected chi connectivity index (χ3v) is 6.64. The summed E-state index contributed by atoms with van der Waals surface area (Å²) in [6.07, 6.45) is 13.9. The zero-order valence-corrected chi connectivity index (χ0v) is 18.5. The molecule has 2 N–H and O–H groups in total. The number of halogens is 1. The molecule has 0 bridgehead atoms. The Morgan fingerprint density at radius 3 is 2.83 bits per heavy atom. The summed E-state index contributed by atoms with van der Waals surface area (Å²) in [5.41, 5.74) is 4.21. The smallest absolute Gasteiger partial charge is 0.0668 e. The van der Waals surface area contributed by atoms with Crippen LogP contribution in [0.4, 0.5) is 5.69 Å². The molecular formula is C24H33ClN4O. The van der Waals surface area contributed by atoms with Crippen molar-refractivity contribution in [1.29, 1.82) is 0 Å². The Labute approximate surface area is 185 Å². The Morgan fingerprint density at radius 1 is 1.10 bits per heavy atom. The van der Waals surface area contributed by atoms with Crippen molar-refractivity contribution in [1.82, 2.24) is 15.3 Å². The number of piperidine rings is 1. The molecule has 0 radical (unpaired) electrons. The van der Waals surface area contributed by atoms with E-state index in [1.165, 1.54) is 38.8 Å². The van der Waals surface area contributed by atoms with Crippen LogP contribution in [0.25, 0.3) is 11.1 Å². The molecule has 5 nitrogen and oxygen atoms in total. The Morgan fingerprint density at radius 2 is 2.00 bits per heavy atom. The predicted octanol–water partition coefficient (Wildman–Crippen LogP) is 4.96. The largest absolute Gasteiger partial charge is 0.384 e. The average molecular weight is 429 g/mol. The van der Waals surface area contributed by atoms with E-state index in [0.717, 1.165) is 67.4 Å². The van der Waals surface area contributed by atoms with Crippen LogP contribution in [0.2, 0.25) is 5.02 Å². The first-order valence-electron chi connectivity index (χ1n) is 11.4. The second-order valence-electron chi connectivity index (χ2n) is 8.66. The van der Waals surface area contributed by atoms with Crippen LogP contribution in [-0.4, -0.2) is 42.8 Å². The van der Waals surface area contributed by atoms with E-state index < -0.39 is 0 Å². The molecule has 6 heteroatoms. The van der Waals surface area contributed by atoms with E-state index in [4.69, 9.17) is 16.3 Å². The van der Waals surface area contributed by atoms with Gasteiger partial charge >= 0.3 is 0 Å². The topological polar surface area (TPSA) is 59.1 Å². The summed E-state index contributed by atoms with van der Waals surface area (Å²) in [7, 11) is 0. The van der Waals surface area contributed by atoms with E-state index in [2.05, 4.69) is 32.7 Å². The molecule has 4 rings (SSSR count). The first-order chi connectivity index (χ1) is 14.8. The van der Waals surface area contributed by atoms with Gasteiger partial charge in [-0.25, -0.2) is 0 Å². The number of hydrogen-bond donors (Lipinski definition) is 2. The molecule has 30 heavy (non-hydrogen) atoms. The fourth-order valence-electron chi connectivity index (χ4n) is 4.48. The van der Waals surface area contributed by atoms with Crippen LogP contribution in [0.1, 0.15) is 44.2 Å². The SMILES string of the molecule is Clc1cnc(CCC[C@H]2CCCNC2)cc1-c1cncc(NCC2CCOCC2)c1. The summed E-state index contributed by atoms with van der Waals surface area (Å²) in [6.45, 7) is 5.04. The summed E-state index contributed by atoms with van der Waals surface area (Å²) in [6, 6.07) is 4.28. The van der Waals surface area contributed by atoms with Gasteiger partial charge in [0.2, 0.25) is 0 Å². The van der Waals surface area contributed by atoms with Crippen molar-refractivity contribution in [2.45, 2.75) is 44.9 Å². The van der Waals surface area contributed by atoms with Crippen molar-refractivity contribution in [3.05, 3.63) is 41.4 Å². The van der Waals surface area contributed by atoms with Crippen molar-refractivity contribution in [2.24, 2.45) is 11.8 Å². The van der Waals surface area contributed by atoms with Gasteiger partial charge in [-0.3, -0.25) is 9.97 Å². The number of ether oxygens (including phenoxy) is 1. The fourth-order valence-corrected chi connectivity index (χ4v) is 4.69. The lowest BCUT2D eigenvalue weighted by Crippen LogP contribution is -2.29. The number of nitrogens with zero attached hydrogens (tertiary/aromatic N) is 2. The molecule has 0 unspecified atom stereocenters. The lowest BCUT2D eigenvalue weighted by atomic mass is 9.93. The molecule has 2 fully saturated rings. The molecule has 2 saturated heterocycles. The molecule has 2 aromatic heterocycles. The van der Waals surface area contributed by atoms with E-state index in [-0.39, 0.29) is 0 Å². The Bertz CT molecular complexity index is 804. The standard InChI is InChI=1S/C24H33ClN4O/c25-24-17-29-21(5-1-3-18-4-2-8-26-13-18)12-23(24)20-11-22(16-27-15-20)28-14-19-6-9-30-10-7-19/h11-12,15-19,26,28H,1-10,13-14H2/t18-/m0/s1. The fraction of sp³-hybridized carbons (Fsp3) is 0.583. The van der Waals surface area contributed by atoms with Crippen LogP contribution >= 0.6 is 11.6 Å². The van der Waals surface area contributed by atoms with Gasteiger partial charge in [-0.15, -0.1) is 0 Å². The highest BCUT2D eigenvalue weighted by atomic mass is 35.5. The number of aryl methyl sites for hydroxylation is 1. The van der Waals surface area contributed by atoms with Gasteiger partial charge < -0.3 is 15.4 Å². The summed E-state index contributed by atoms with van der Waals surface area (Å²) in [5, 5.41) is 7.73. The number of rotatable bonds is 8. The van der Waals surface area contributed by atoms with Crippen LogP contribution in [0.15, 0.2) is 30.7 Å². The van der Waals surface area contributed by atoms with Crippen molar-refractivity contribution in [3.63, 3.8) is 0 Å². The number of anilines is 1. The highest BCUT2D eigenvalue weighted by Gasteiger charge is 2.15. The molecule has 0 aromatic carbocycles. The highest BCUT2D eigenvalue weighted by molar-refractivity contribution is 6.33. The lowest BCUT2D eigenvalue weighted by Gasteiger charge is -2.22. The number of hydrogen-bond acceptors (Lipinski definition) is 5. The molecule has 0 aliphatic carbocycles. The zero-order valence-electron chi connectivity index (χ0n) is 17.7. The third kappa shape index (κ3) is 6.16. The maximum Gasteiger partial charge on any atom is 0.0668 e. The molecule has 0 saturated carbocycles. The number of aromatic nitrogens is 2. The maximum absolute atomic E-state index is 6.50. The van der Waals surface area contributed by atoms with Crippen molar-refractivity contribution >= 4 is 17.3 Å². The second kappa shape index (κ2) is 11.1. The van der Waals surface area contributed by atoms with E-state index in [9.17, 15) is 0 Å². The summed E-state index contributed by atoms with van der Waals surface area (Å²) >= 11 is 6.50. The predicted molar refractivity (Wildman–Crippen MR) is 123 cm³/mol. The average Bonchev–Trinajstić information content (AvgIpc) is 2.80. The molecule has 0 spiro atoms. The van der Waals surface area contributed by atoms with Gasteiger partial charge in [0.25, 0.3) is 0 Å². The van der Waals surface area contributed by atoms with Crippen molar-refractivity contribution in [3.8, 4) is 11.1 Å². The second-order valence-corrected chi connectivity index (χ2v) is 9.07. The van der Waals surface area contributed by atoms with Crippen molar-refractivity contribution in [2.75, 3.05) is 38.2 Å². The monoisotopic (exact) mass is 428 g/mol. The van der Waals surface area contributed by atoms with E-state index in [1.807, 2.05) is 12.4 Å². The summed E-state index contributed by atoms with van der Waals surface area (Å²) in [4.78, 5) is 9.02. The Balaban J connectivity index is 1.36. The Kier molecular flexibility index (Phi) is 7.95. The summed E-state index contributed by atoms with van der Waals surface area (Å²) < 4.78 is 5.45. The van der Waals surface area contributed by atoms with Crippen LogP contribution in [0.3, 0.4) is 0 Å². The first kappa shape index (κ1) is 21.5. The van der Waals surface area contributed by atoms with Crippen LogP contribution in [-0.2, 0) is 11.2 Å².